The average Bonchev–Trinajstić information content (AvgIpc) is 3.14. The number of ether oxygens (including phenoxy) is 1. The maximum absolute atomic E-state index is 12.4. The first kappa shape index (κ1) is 14.6. The van der Waals surface area contributed by atoms with Crippen LogP contribution in [0.2, 0.25) is 0 Å². The van der Waals surface area contributed by atoms with Crippen molar-refractivity contribution in [1.82, 2.24) is 4.90 Å². The van der Waals surface area contributed by atoms with E-state index in [1.54, 1.807) is 31.1 Å². The topological polar surface area (TPSA) is 80.0 Å². The highest BCUT2D eigenvalue weighted by Gasteiger charge is 2.36. The first-order valence-corrected chi connectivity index (χ1v) is 6.64. The largest absolute Gasteiger partial charge is 0.481 e. The molecule has 110 valence electrons. The molecule has 0 radical (unpaired) electrons. The quantitative estimate of drug-likeness (QED) is 0.823. The molecular weight excluding hydrogens is 262 g/mol. The number of hydrogen-bond donors (Lipinski definition) is 1. The molecule has 6 heteroatoms. The summed E-state index contributed by atoms with van der Waals surface area (Å²) in [5.74, 6) is -0.918. The fourth-order valence-electron chi connectivity index (χ4n) is 2.01. The van der Waals surface area contributed by atoms with E-state index >= 15 is 0 Å². The van der Waals surface area contributed by atoms with Crippen molar-refractivity contribution in [3.05, 3.63) is 23.7 Å². The number of carbonyl (C=O) groups excluding carboxylic acids is 1. The number of aliphatic carboxylic acids is 1. The third kappa shape index (κ3) is 3.39. The van der Waals surface area contributed by atoms with Crippen molar-refractivity contribution in [3.63, 3.8) is 0 Å². The standard InChI is InChI=1S/C14H19NO5/c1-9(14(17)18)7-15(10-3-4-10)13(16)12-6-5-11(20-12)8-19-2/h5-6,9-10H,3-4,7-8H2,1-2H3,(H,17,18). The van der Waals surface area contributed by atoms with Gasteiger partial charge < -0.3 is 19.2 Å². The molecule has 2 rings (SSSR count). The zero-order valence-electron chi connectivity index (χ0n) is 11.7. The smallest absolute Gasteiger partial charge is 0.308 e. The first-order chi connectivity index (χ1) is 9.52. The third-order valence-electron chi connectivity index (χ3n) is 3.30. The van der Waals surface area contributed by atoms with Crippen molar-refractivity contribution in [2.24, 2.45) is 5.92 Å². The van der Waals surface area contributed by atoms with Crippen LogP contribution < -0.4 is 0 Å². The highest BCUT2D eigenvalue weighted by Crippen LogP contribution is 2.29. The Balaban J connectivity index is 2.07. The molecule has 6 nitrogen and oxygen atoms in total. The van der Waals surface area contributed by atoms with Gasteiger partial charge >= 0.3 is 5.97 Å². The second kappa shape index (κ2) is 6.09. The van der Waals surface area contributed by atoms with Crippen molar-refractivity contribution in [2.75, 3.05) is 13.7 Å². The van der Waals surface area contributed by atoms with Crippen molar-refractivity contribution >= 4 is 11.9 Å². The Hall–Kier alpha value is -1.82. The molecule has 1 aliphatic carbocycles. The summed E-state index contributed by atoms with van der Waals surface area (Å²) in [5.41, 5.74) is 0. The zero-order valence-corrected chi connectivity index (χ0v) is 11.7. The Kier molecular flexibility index (Phi) is 4.44. The van der Waals surface area contributed by atoms with E-state index in [0.29, 0.717) is 12.4 Å². The van der Waals surface area contributed by atoms with E-state index in [4.69, 9.17) is 14.3 Å². The van der Waals surface area contributed by atoms with Crippen LogP contribution in [0.5, 0.6) is 0 Å². The summed E-state index contributed by atoms with van der Waals surface area (Å²) in [6, 6.07) is 3.44. The van der Waals surface area contributed by atoms with Gasteiger partial charge in [-0.25, -0.2) is 0 Å². The molecule has 1 saturated carbocycles. The Morgan fingerprint density at radius 3 is 2.75 bits per heavy atom. The van der Waals surface area contributed by atoms with Gasteiger partial charge in [0.2, 0.25) is 0 Å². The summed E-state index contributed by atoms with van der Waals surface area (Å²) in [6.07, 6.45) is 1.84. The second-order valence-corrected chi connectivity index (χ2v) is 5.13. The number of amides is 1. The minimum atomic E-state index is -0.900. The number of nitrogens with zero attached hydrogens (tertiary/aromatic N) is 1. The predicted molar refractivity (Wildman–Crippen MR) is 70.3 cm³/mol. The molecule has 20 heavy (non-hydrogen) atoms. The molecule has 1 aromatic rings. The number of carboxylic acids is 1. The number of carboxylic acid groups (broad SMARTS) is 1. The van der Waals surface area contributed by atoms with Crippen molar-refractivity contribution in [3.8, 4) is 0 Å². The summed E-state index contributed by atoms with van der Waals surface area (Å²) in [6.45, 7) is 2.12. The molecule has 1 aliphatic rings. The van der Waals surface area contributed by atoms with Crippen LogP contribution in [0.25, 0.3) is 0 Å². The summed E-state index contributed by atoms with van der Waals surface area (Å²) in [4.78, 5) is 25.0. The van der Waals surface area contributed by atoms with E-state index in [0.717, 1.165) is 12.8 Å². The van der Waals surface area contributed by atoms with E-state index in [9.17, 15) is 9.59 Å². The number of carbonyl (C=O) groups is 2. The van der Waals surface area contributed by atoms with Crippen LogP contribution in [-0.4, -0.2) is 41.6 Å². The van der Waals surface area contributed by atoms with Gasteiger partial charge in [-0.05, 0) is 25.0 Å². The lowest BCUT2D eigenvalue weighted by atomic mass is 10.1. The van der Waals surface area contributed by atoms with Crippen LogP contribution in [0.4, 0.5) is 0 Å². The third-order valence-corrected chi connectivity index (χ3v) is 3.30. The molecule has 1 fully saturated rings. The normalized spacial score (nSPS) is 15.9. The predicted octanol–water partition coefficient (Wildman–Crippen LogP) is 1.75. The Bertz CT molecular complexity index is 492. The summed E-state index contributed by atoms with van der Waals surface area (Å²) in [7, 11) is 1.55. The van der Waals surface area contributed by atoms with E-state index in [-0.39, 0.29) is 24.3 Å². The van der Waals surface area contributed by atoms with E-state index in [1.807, 2.05) is 0 Å². The highest BCUT2D eigenvalue weighted by molar-refractivity contribution is 5.92. The lowest BCUT2D eigenvalue weighted by Crippen LogP contribution is -2.38. The Morgan fingerprint density at radius 2 is 2.20 bits per heavy atom. The van der Waals surface area contributed by atoms with Gasteiger partial charge in [0.1, 0.15) is 12.4 Å². The highest BCUT2D eigenvalue weighted by atomic mass is 16.5. The molecule has 1 atom stereocenters. The van der Waals surface area contributed by atoms with Crippen LogP contribution in [0, 0.1) is 5.92 Å². The molecule has 0 bridgehead atoms. The van der Waals surface area contributed by atoms with Gasteiger partial charge in [-0.2, -0.15) is 0 Å². The van der Waals surface area contributed by atoms with Crippen LogP contribution in [0.15, 0.2) is 16.5 Å². The SMILES string of the molecule is COCc1ccc(C(=O)N(CC(C)C(=O)O)C2CC2)o1. The average molecular weight is 281 g/mol. The monoisotopic (exact) mass is 281 g/mol. The lowest BCUT2D eigenvalue weighted by Gasteiger charge is -2.23. The minimum absolute atomic E-state index is 0.139. The van der Waals surface area contributed by atoms with Crippen LogP contribution in [0.3, 0.4) is 0 Å². The van der Waals surface area contributed by atoms with Crippen molar-refractivity contribution < 1.29 is 23.8 Å². The molecule has 1 heterocycles. The second-order valence-electron chi connectivity index (χ2n) is 5.13. The van der Waals surface area contributed by atoms with Crippen LogP contribution in [-0.2, 0) is 16.1 Å². The van der Waals surface area contributed by atoms with E-state index < -0.39 is 11.9 Å². The number of hydrogen-bond acceptors (Lipinski definition) is 4. The van der Waals surface area contributed by atoms with Crippen molar-refractivity contribution in [2.45, 2.75) is 32.4 Å². The summed E-state index contributed by atoms with van der Waals surface area (Å²) in [5, 5.41) is 8.98. The molecular formula is C14H19NO5. The molecule has 1 unspecified atom stereocenters. The molecule has 0 aliphatic heterocycles. The molecule has 1 aromatic heterocycles. The molecule has 1 N–H and O–H groups in total. The fourth-order valence-corrected chi connectivity index (χ4v) is 2.01. The summed E-state index contributed by atoms with van der Waals surface area (Å²) < 4.78 is 10.4. The Morgan fingerprint density at radius 1 is 1.50 bits per heavy atom. The summed E-state index contributed by atoms with van der Waals surface area (Å²) >= 11 is 0. The number of methoxy groups -OCH3 is 1. The number of rotatable bonds is 7. The first-order valence-electron chi connectivity index (χ1n) is 6.64. The van der Waals surface area contributed by atoms with Gasteiger partial charge in [-0.1, -0.05) is 6.92 Å². The molecule has 1 amide bonds. The van der Waals surface area contributed by atoms with Crippen molar-refractivity contribution in [1.29, 1.82) is 0 Å². The van der Waals surface area contributed by atoms with Gasteiger partial charge in [-0.3, -0.25) is 9.59 Å². The lowest BCUT2D eigenvalue weighted by molar-refractivity contribution is -0.141. The van der Waals surface area contributed by atoms with Gasteiger partial charge in [0.15, 0.2) is 5.76 Å². The van der Waals surface area contributed by atoms with E-state index in [2.05, 4.69) is 0 Å². The fraction of sp³-hybridized carbons (Fsp3) is 0.571. The van der Waals surface area contributed by atoms with E-state index in [1.165, 1.54) is 0 Å². The number of furan rings is 1. The minimum Gasteiger partial charge on any atom is -0.481 e. The molecule has 0 spiro atoms. The maximum Gasteiger partial charge on any atom is 0.308 e. The van der Waals surface area contributed by atoms with Gasteiger partial charge in [0, 0.05) is 19.7 Å². The zero-order chi connectivity index (χ0) is 14.7. The van der Waals surface area contributed by atoms with Gasteiger partial charge in [-0.15, -0.1) is 0 Å². The van der Waals surface area contributed by atoms with Gasteiger partial charge in [0.25, 0.3) is 5.91 Å². The molecule has 0 aromatic carbocycles. The van der Waals surface area contributed by atoms with Crippen LogP contribution >= 0.6 is 0 Å². The van der Waals surface area contributed by atoms with Gasteiger partial charge in [0.05, 0.1) is 5.92 Å². The van der Waals surface area contributed by atoms with Crippen LogP contribution in [0.1, 0.15) is 36.1 Å². The maximum atomic E-state index is 12.4. The Labute approximate surface area is 117 Å². The molecule has 0 saturated heterocycles.